The van der Waals surface area contributed by atoms with Crippen LogP contribution in [0.4, 0.5) is 10.2 Å². The van der Waals surface area contributed by atoms with Gasteiger partial charge in [0.2, 0.25) is 5.88 Å². The molecule has 5 rings (SSSR count). The lowest BCUT2D eigenvalue weighted by Crippen LogP contribution is -2.13. The van der Waals surface area contributed by atoms with Gasteiger partial charge in [-0.2, -0.15) is 10.1 Å². The van der Waals surface area contributed by atoms with Crippen LogP contribution in [0.1, 0.15) is 10.4 Å². The second-order valence-electron chi connectivity index (χ2n) is 7.68. The number of carbonyl (C=O) groups is 1. The van der Waals surface area contributed by atoms with Crippen LogP contribution in [-0.2, 0) is 0 Å². The molecule has 0 atom stereocenters. The van der Waals surface area contributed by atoms with Gasteiger partial charge < -0.3 is 16.2 Å². The fourth-order valence-corrected chi connectivity index (χ4v) is 3.88. The number of nitrogen functional groups attached to an aromatic ring is 1. The molecule has 8 nitrogen and oxygen atoms in total. The average molecular weight is 501 g/mol. The minimum atomic E-state index is -0.730. The number of aromatic nitrogens is 4. The van der Waals surface area contributed by atoms with Crippen LogP contribution in [-0.4, -0.2) is 25.7 Å². The Morgan fingerprint density at radius 3 is 2.31 bits per heavy atom. The highest BCUT2D eigenvalue weighted by atomic mass is 35.5. The molecule has 178 valence electrons. The summed E-state index contributed by atoms with van der Waals surface area (Å²) in [4.78, 5) is 20.3. The summed E-state index contributed by atoms with van der Waals surface area (Å²) >= 11 is 6.05. The molecule has 0 aliphatic carbocycles. The van der Waals surface area contributed by atoms with Crippen molar-refractivity contribution in [3.8, 4) is 39.8 Å². The first-order valence-electron chi connectivity index (χ1n) is 10.7. The lowest BCUT2D eigenvalue weighted by molar-refractivity contribution is 0.100. The molecule has 0 bridgehead atoms. The summed E-state index contributed by atoms with van der Waals surface area (Å²) in [7, 11) is 0. The van der Waals surface area contributed by atoms with E-state index < -0.39 is 11.7 Å². The van der Waals surface area contributed by atoms with Gasteiger partial charge in [-0.15, -0.1) is 0 Å². The monoisotopic (exact) mass is 500 g/mol. The molecule has 36 heavy (non-hydrogen) atoms. The summed E-state index contributed by atoms with van der Waals surface area (Å²) in [6, 6.07) is 22.7. The van der Waals surface area contributed by atoms with E-state index in [-0.39, 0.29) is 33.7 Å². The van der Waals surface area contributed by atoms with Crippen LogP contribution in [0.3, 0.4) is 0 Å². The Kier molecular flexibility index (Phi) is 6.05. The van der Waals surface area contributed by atoms with E-state index in [2.05, 4.69) is 15.1 Å². The number of nitrogens with zero attached hydrogens (tertiary/aromatic N) is 4. The van der Waals surface area contributed by atoms with E-state index in [4.69, 9.17) is 27.8 Å². The Morgan fingerprint density at radius 1 is 0.944 bits per heavy atom. The van der Waals surface area contributed by atoms with E-state index in [1.807, 2.05) is 60.7 Å². The van der Waals surface area contributed by atoms with Crippen molar-refractivity contribution in [2.75, 3.05) is 5.73 Å². The SMILES string of the molecule is NC(=O)c1c(-c2ccc(Oc3ncnc(N)c3Cl)c(F)c2)nn(-c2ccccc2)c1-c1ccccc1. The second-order valence-corrected chi connectivity index (χ2v) is 8.05. The summed E-state index contributed by atoms with van der Waals surface area (Å²) in [5, 5.41) is 4.64. The van der Waals surface area contributed by atoms with Gasteiger partial charge in [0.25, 0.3) is 5.91 Å². The molecule has 2 aromatic heterocycles. The maximum absolute atomic E-state index is 15.1. The van der Waals surface area contributed by atoms with Crippen LogP contribution < -0.4 is 16.2 Å². The van der Waals surface area contributed by atoms with Crippen molar-refractivity contribution >= 4 is 23.3 Å². The van der Waals surface area contributed by atoms with Gasteiger partial charge in [-0.1, -0.05) is 60.1 Å². The van der Waals surface area contributed by atoms with Gasteiger partial charge in [0, 0.05) is 11.1 Å². The normalized spacial score (nSPS) is 10.8. The molecular formula is C26H18ClFN6O2. The largest absolute Gasteiger partial charge is 0.434 e. The number of hydrogen-bond acceptors (Lipinski definition) is 6. The molecule has 0 unspecified atom stereocenters. The highest BCUT2D eigenvalue weighted by Gasteiger charge is 2.26. The molecular weight excluding hydrogens is 483 g/mol. The fourth-order valence-electron chi connectivity index (χ4n) is 3.74. The molecule has 0 spiro atoms. The third-order valence-electron chi connectivity index (χ3n) is 5.38. The zero-order chi connectivity index (χ0) is 25.2. The summed E-state index contributed by atoms with van der Waals surface area (Å²) in [6.07, 6.45) is 1.16. The minimum absolute atomic E-state index is 0.00434. The molecule has 3 aromatic carbocycles. The summed E-state index contributed by atoms with van der Waals surface area (Å²) < 4.78 is 22.3. The van der Waals surface area contributed by atoms with E-state index in [1.54, 1.807) is 10.7 Å². The number of anilines is 1. The van der Waals surface area contributed by atoms with Crippen molar-refractivity contribution < 1.29 is 13.9 Å². The molecule has 10 heteroatoms. The van der Waals surface area contributed by atoms with Crippen LogP contribution in [0.5, 0.6) is 11.6 Å². The molecule has 0 saturated heterocycles. The first-order chi connectivity index (χ1) is 17.4. The molecule has 0 aliphatic heterocycles. The number of amides is 1. The Hall–Kier alpha value is -4.76. The van der Waals surface area contributed by atoms with Gasteiger partial charge in [0.1, 0.15) is 22.9 Å². The van der Waals surface area contributed by atoms with Gasteiger partial charge >= 0.3 is 0 Å². The molecule has 5 aromatic rings. The van der Waals surface area contributed by atoms with Gasteiger partial charge in [0.15, 0.2) is 11.6 Å². The zero-order valence-corrected chi connectivity index (χ0v) is 19.4. The van der Waals surface area contributed by atoms with Crippen LogP contribution in [0.2, 0.25) is 5.02 Å². The van der Waals surface area contributed by atoms with E-state index in [9.17, 15) is 4.79 Å². The van der Waals surface area contributed by atoms with Crippen molar-refractivity contribution in [3.63, 3.8) is 0 Å². The van der Waals surface area contributed by atoms with Crippen molar-refractivity contribution in [1.82, 2.24) is 19.7 Å². The van der Waals surface area contributed by atoms with E-state index >= 15 is 4.39 Å². The Labute approximate surface area is 209 Å². The number of primary amides is 1. The third-order valence-corrected chi connectivity index (χ3v) is 5.73. The number of halogens is 2. The zero-order valence-electron chi connectivity index (χ0n) is 18.6. The summed E-state index contributed by atoms with van der Waals surface area (Å²) in [6.45, 7) is 0. The number of hydrogen-bond donors (Lipinski definition) is 2. The van der Waals surface area contributed by atoms with Gasteiger partial charge in [-0.3, -0.25) is 4.79 Å². The van der Waals surface area contributed by atoms with Crippen molar-refractivity contribution in [2.45, 2.75) is 0 Å². The van der Waals surface area contributed by atoms with Crippen LogP contribution in [0.15, 0.2) is 85.2 Å². The van der Waals surface area contributed by atoms with Crippen LogP contribution in [0.25, 0.3) is 28.2 Å². The second kappa shape index (κ2) is 9.47. The highest BCUT2D eigenvalue weighted by Crippen LogP contribution is 2.37. The van der Waals surface area contributed by atoms with E-state index in [1.165, 1.54) is 12.1 Å². The average Bonchev–Trinajstić information content (AvgIpc) is 3.30. The van der Waals surface area contributed by atoms with Gasteiger partial charge in [-0.05, 0) is 30.3 Å². The van der Waals surface area contributed by atoms with E-state index in [0.717, 1.165) is 11.9 Å². The quantitative estimate of drug-likeness (QED) is 0.328. The van der Waals surface area contributed by atoms with Crippen molar-refractivity contribution in [1.29, 1.82) is 0 Å². The maximum Gasteiger partial charge on any atom is 0.253 e. The number of ether oxygens (including phenoxy) is 1. The predicted octanol–water partition coefficient (Wildman–Crippen LogP) is 5.26. The number of rotatable bonds is 6. The molecule has 0 fully saturated rings. The topological polar surface area (TPSA) is 122 Å². The van der Waals surface area contributed by atoms with E-state index in [0.29, 0.717) is 16.9 Å². The van der Waals surface area contributed by atoms with Crippen LogP contribution >= 0.6 is 11.6 Å². The fraction of sp³-hybridized carbons (Fsp3) is 0. The summed E-state index contributed by atoms with van der Waals surface area (Å²) in [5.41, 5.74) is 14.1. The first kappa shape index (κ1) is 23.0. The molecule has 0 saturated carbocycles. The van der Waals surface area contributed by atoms with Gasteiger partial charge in [-0.25, -0.2) is 14.1 Å². The first-order valence-corrected chi connectivity index (χ1v) is 11.1. The predicted molar refractivity (Wildman–Crippen MR) is 134 cm³/mol. The molecule has 0 radical (unpaired) electrons. The van der Waals surface area contributed by atoms with Crippen molar-refractivity contribution in [3.05, 3.63) is 102 Å². The Balaban J connectivity index is 1.65. The standard InChI is InChI=1S/C26H18ClFN6O2/c27-21-24(29)31-14-32-26(21)36-19-12-11-16(13-18(19)28)22-20(25(30)35)23(15-7-3-1-4-8-15)34(33-22)17-9-5-2-6-10-17/h1-14H,(H2,30,35)(H2,29,31,32). The lowest BCUT2D eigenvalue weighted by atomic mass is 10.0. The number of nitrogens with two attached hydrogens (primary N) is 2. The molecule has 4 N–H and O–H groups in total. The summed E-state index contributed by atoms with van der Waals surface area (Å²) in [5.74, 6) is -1.66. The molecule has 1 amide bonds. The number of benzene rings is 3. The van der Waals surface area contributed by atoms with Crippen LogP contribution in [0, 0.1) is 5.82 Å². The minimum Gasteiger partial charge on any atom is -0.434 e. The maximum atomic E-state index is 15.1. The molecule has 0 aliphatic rings. The van der Waals surface area contributed by atoms with Gasteiger partial charge in [0.05, 0.1) is 16.9 Å². The molecule has 2 heterocycles. The number of para-hydroxylation sites is 1. The number of carbonyl (C=O) groups excluding carboxylic acids is 1. The highest BCUT2D eigenvalue weighted by molar-refractivity contribution is 6.34. The van der Waals surface area contributed by atoms with Crippen molar-refractivity contribution in [2.24, 2.45) is 5.73 Å². The Morgan fingerprint density at radius 2 is 1.64 bits per heavy atom. The third kappa shape index (κ3) is 4.23. The lowest BCUT2D eigenvalue weighted by Gasteiger charge is -2.09. The Bertz CT molecular complexity index is 1570. The smallest absolute Gasteiger partial charge is 0.253 e.